The summed E-state index contributed by atoms with van der Waals surface area (Å²) < 4.78 is 12.2. The quantitative estimate of drug-likeness (QED) is 0.188. The molecule has 0 unspecified atom stereocenters. The summed E-state index contributed by atoms with van der Waals surface area (Å²) >= 11 is 0. The van der Waals surface area contributed by atoms with Gasteiger partial charge in [-0.05, 0) is 81.9 Å². The molecule has 10 aromatic rings. The molecule has 0 atom stereocenters. The predicted octanol–water partition coefficient (Wildman–Crippen LogP) is 13.2. The van der Waals surface area contributed by atoms with Crippen molar-refractivity contribution in [2.24, 2.45) is 0 Å². The van der Waals surface area contributed by atoms with E-state index in [4.69, 9.17) is 13.8 Å². The molecular formula is C47H29NO2. The van der Waals surface area contributed by atoms with E-state index in [0.717, 1.165) is 99.8 Å². The highest BCUT2D eigenvalue weighted by Crippen LogP contribution is 2.36. The highest BCUT2D eigenvalue weighted by molar-refractivity contribution is 6.07. The zero-order valence-corrected chi connectivity index (χ0v) is 27.0. The fourth-order valence-corrected chi connectivity index (χ4v) is 7.10. The molecule has 234 valence electrons. The van der Waals surface area contributed by atoms with Crippen molar-refractivity contribution in [2.75, 3.05) is 0 Å². The molecule has 50 heavy (non-hydrogen) atoms. The fourth-order valence-electron chi connectivity index (χ4n) is 7.10. The third-order valence-electron chi connectivity index (χ3n) is 9.72. The average Bonchev–Trinajstić information content (AvgIpc) is 3.76. The number of furan rings is 2. The molecule has 0 saturated carbocycles. The maximum atomic E-state index is 6.17. The Morgan fingerprint density at radius 3 is 1.38 bits per heavy atom. The average molecular weight is 640 g/mol. The van der Waals surface area contributed by atoms with Gasteiger partial charge in [0.2, 0.25) is 0 Å². The smallest absolute Gasteiger partial charge is 0.136 e. The summed E-state index contributed by atoms with van der Waals surface area (Å²) in [6.07, 6.45) is 0. The maximum absolute atomic E-state index is 6.17. The first-order chi connectivity index (χ1) is 24.7. The van der Waals surface area contributed by atoms with Crippen molar-refractivity contribution in [3.63, 3.8) is 0 Å². The van der Waals surface area contributed by atoms with Crippen molar-refractivity contribution in [3.05, 3.63) is 176 Å². The monoisotopic (exact) mass is 639 g/mol. The summed E-state index contributed by atoms with van der Waals surface area (Å²) in [6.45, 7) is 0. The molecule has 3 nitrogen and oxygen atoms in total. The van der Waals surface area contributed by atoms with Gasteiger partial charge in [-0.3, -0.25) is 0 Å². The van der Waals surface area contributed by atoms with Crippen LogP contribution >= 0.6 is 0 Å². The third kappa shape index (κ3) is 4.87. The second-order valence-corrected chi connectivity index (χ2v) is 12.8. The van der Waals surface area contributed by atoms with Gasteiger partial charge in [0.25, 0.3) is 0 Å². The molecule has 0 spiro atoms. The first-order valence-corrected chi connectivity index (χ1v) is 16.9. The Hall–Kier alpha value is -6.71. The Bertz CT molecular complexity index is 2840. The van der Waals surface area contributed by atoms with Gasteiger partial charge < -0.3 is 8.83 Å². The molecule has 0 aliphatic heterocycles. The summed E-state index contributed by atoms with van der Waals surface area (Å²) in [5.41, 5.74) is 14.5. The van der Waals surface area contributed by atoms with Crippen molar-refractivity contribution in [1.82, 2.24) is 4.98 Å². The molecule has 0 fully saturated rings. The molecule has 0 amide bonds. The Balaban J connectivity index is 1.00. The van der Waals surface area contributed by atoms with Gasteiger partial charge in [-0.25, -0.2) is 4.98 Å². The lowest BCUT2D eigenvalue weighted by molar-refractivity contribution is 0.668. The Morgan fingerprint density at radius 1 is 0.260 bits per heavy atom. The van der Waals surface area contributed by atoms with Gasteiger partial charge in [0.1, 0.15) is 22.3 Å². The maximum Gasteiger partial charge on any atom is 0.136 e. The van der Waals surface area contributed by atoms with Crippen LogP contribution in [0.1, 0.15) is 0 Å². The number of para-hydroxylation sites is 2. The molecule has 3 heteroatoms. The van der Waals surface area contributed by atoms with Gasteiger partial charge in [0.15, 0.2) is 0 Å². The highest BCUT2D eigenvalue weighted by Gasteiger charge is 2.13. The van der Waals surface area contributed by atoms with Gasteiger partial charge in [-0.1, -0.05) is 127 Å². The number of rotatable bonds is 5. The van der Waals surface area contributed by atoms with E-state index in [9.17, 15) is 0 Å². The van der Waals surface area contributed by atoms with Crippen LogP contribution in [0.3, 0.4) is 0 Å². The first-order valence-electron chi connectivity index (χ1n) is 16.9. The van der Waals surface area contributed by atoms with Crippen molar-refractivity contribution in [3.8, 4) is 55.9 Å². The van der Waals surface area contributed by atoms with Crippen molar-refractivity contribution < 1.29 is 8.83 Å². The molecule has 7 aromatic carbocycles. The van der Waals surface area contributed by atoms with E-state index in [1.165, 1.54) is 0 Å². The minimum absolute atomic E-state index is 0.903. The van der Waals surface area contributed by atoms with Gasteiger partial charge in [0.05, 0.1) is 11.4 Å². The van der Waals surface area contributed by atoms with Crippen molar-refractivity contribution in [1.29, 1.82) is 0 Å². The zero-order chi connectivity index (χ0) is 33.0. The largest absolute Gasteiger partial charge is 0.456 e. The van der Waals surface area contributed by atoms with Crippen LogP contribution in [0.5, 0.6) is 0 Å². The van der Waals surface area contributed by atoms with Crippen LogP contribution in [0.25, 0.3) is 99.8 Å². The second-order valence-electron chi connectivity index (χ2n) is 12.8. The molecule has 0 bridgehead atoms. The van der Waals surface area contributed by atoms with Gasteiger partial charge >= 0.3 is 0 Å². The first kappa shape index (κ1) is 28.3. The molecule has 3 heterocycles. The van der Waals surface area contributed by atoms with Crippen LogP contribution < -0.4 is 0 Å². The van der Waals surface area contributed by atoms with E-state index in [0.29, 0.717) is 0 Å². The van der Waals surface area contributed by atoms with Crippen LogP contribution in [-0.4, -0.2) is 4.98 Å². The Morgan fingerprint density at radius 2 is 0.700 bits per heavy atom. The molecule has 3 aromatic heterocycles. The van der Waals surface area contributed by atoms with Crippen LogP contribution in [0, 0.1) is 0 Å². The van der Waals surface area contributed by atoms with E-state index in [1.807, 2.05) is 30.3 Å². The van der Waals surface area contributed by atoms with E-state index >= 15 is 0 Å². The SMILES string of the molecule is c1ccc(-c2cc(-c3ccc(-c4ccc5c(c4)oc4ccccc45)cc3)cc(-c3ccc(-c4ccc5oc6ccccc6c5c4)cc3)n2)cc1. The molecule has 0 radical (unpaired) electrons. The molecule has 0 aliphatic carbocycles. The summed E-state index contributed by atoms with van der Waals surface area (Å²) in [7, 11) is 0. The van der Waals surface area contributed by atoms with E-state index in [1.54, 1.807) is 0 Å². The number of benzene rings is 7. The van der Waals surface area contributed by atoms with Crippen molar-refractivity contribution in [2.45, 2.75) is 0 Å². The molecule has 0 saturated heterocycles. The lowest BCUT2D eigenvalue weighted by Gasteiger charge is -2.12. The number of hydrogen-bond donors (Lipinski definition) is 0. The van der Waals surface area contributed by atoms with Crippen LogP contribution in [0.15, 0.2) is 185 Å². The molecule has 10 rings (SSSR count). The van der Waals surface area contributed by atoms with Gasteiger partial charge in [0, 0.05) is 32.7 Å². The molecule has 0 N–H and O–H groups in total. The minimum atomic E-state index is 0.903. The lowest BCUT2D eigenvalue weighted by Crippen LogP contribution is -1.91. The zero-order valence-electron chi connectivity index (χ0n) is 27.0. The number of hydrogen-bond acceptors (Lipinski definition) is 3. The normalized spacial score (nSPS) is 11.6. The topological polar surface area (TPSA) is 39.2 Å². The summed E-state index contributed by atoms with van der Waals surface area (Å²) in [5.74, 6) is 0. The molecular weight excluding hydrogens is 611 g/mol. The summed E-state index contributed by atoms with van der Waals surface area (Å²) in [5, 5.41) is 4.55. The van der Waals surface area contributed by atoms with Crippen LogP contribution in [-0.2, 0) is 0 Å². The minimum Gasteiger partial charge on any atom is -0.456 e. The van der Waals surface area contributed by atoms with Crippen LogP contribution in [0.4, 0.5) is 0 Å². The number of nitrogens with zero attached hydrogens (tertiary/aromatic N) is 1. The number of aromatic nitrogens is 1. The number of fused-ring (bicyclic) bond motifs is 6. The van der Waals surface area contributed by atoms with Gasteiger partial charge in [-0.2, -0.15) is 0 Å². The fraction of sp³-hybridized carbons (Fsp3) is 0. The van der Waals surface area contributed by atoms with E-state index in [2.05, 4.69) is 146 Å². The molecule has 0 aliphatic rings. The number of pyridine rings is 1. The van der Waals surface area contributed by atoms with Crippen molar-refractivity contribution >= 4 is 43.9 Å². The highest BCUT2D eigenvalue weighted by atomic mass is 16.3. The van der Waals surface area contributed by atoms with Crippen LogP contribution in [0.2, 0.25) is 0 Å². The third-order valence-corrected chi connectivity index (χ3v) is 9.72. The Kier molecular flexibility index (Phi) is 6.49. The second kappa shape index (κ2) is 11.5. The lowest BCUT2D eigenvalue weighted by atomic mass is 9.96. The van der Waals surface area contributed by atoms with E-state index < -0.39 is 0 Å². The summed E-state index contributed by atoms with van der Waals surface area (Å²) in [6, 6.07) is 61.6. The van der Waals surface area contributed by atoms with E-state index in [-0.39, 0.29) is 0 Å². The Labute approximate surface area is 288 Å². The standard InChI is InChI=1S/C47H29NO2/c1-2-8-33(9-3-1)42-27-37(32-16-14-31(15-17-32)36-22-24-40-38-10-4-6-12-44(38)50-47(40)29-36)28-43(48-42)34-20-18-30(19-21-34)35-23-25-46-41(26-35)39-11-5-7-13-45(39)49-46/h1-29H. The predicted molar refractivity (Wildman–Crippen MR) is 206 cm³/mol. The van der Waals surface area contributed by atoms with Gasteiger partial charge in [-0.15, -0.1) is 0 Å². The summed E-state index contributed by atoms with van der Waals surface area (Å²) in [4.78, 5) is 5.16.